The Labute approximate surface area is 119 Å². The first-order valence-corrected chi connectivity index (χ1v) is 7.54. The van der Waals surface area contributed by atoms with Gasteiger partial charge in [-0.2, -0.15) is 0 Å². The minimum absolute atomic E-state index is 0.260. The van der Waals surface area contributed by atoms with E-state index in [1.165, 1.54) is 9.75 Å². The third-order valence-corrected chi connectivity index (χ3v) is 4.66. The molecule has 2 rings (SSSR count). The van der Waals surface area contributed by atoms with Crippen LogP contribution in [-0.4, -0.2) is 16.1 Å². The van der Waals surface area contributed by atoms with Crippen molar-refractivity contribution in [1.82, 2.24) is 14.9 Å². The molecule has 0 amide bonds. The molecule has 0 saturated carbocycles. The molecule has 2 aromatic rings. The second-order valence-corrected chi connectivity index (χ2v) is 7.07. The monoisotopic (exact) mass is 277 g/mol. The van der Waals surface area contributed by atoms with Crippen molar-refractivity contribution < 1.29 is 0 Å². The van der Waals surface area contributed by atoms with Crippen LogP contribution in [0.1, 0.15) is 36.3 Å². The maximum Gasteiger partial charge on any atom is 0.109 e. The molecule has 104 valence electrons. The lowest BCUT2D eigenvalue weighted by molar-refractivity contribution is 0.604. The highest BCUT2D eigenvalue weighted by Crippen LogP contribution is 2.29. The van der Waals surface area contributed by atoms with Crippen LogP contribution in [0.3, 0.4) is 0 Å². The number of thiophene rings is 1. The van der Waals surface area contributed by atoms with Crippen molar-refractivity contribution in [3.63, 3.8) is 0 Å². The number of aryl methyl sites for hydroxylation is 1. The fraction of sp³-hybridized carbons (Fsp3) is 0.533. The second kappa shape index (κ2) is 5.88. The van der Waals surface area contributed by atoms with Crippen molar-refractivity contribution in [2.24, 2.45) is 7.05 Å². The summed E-state index contributed by atoms with van der Waals surface area (Å²) in [4.78, 5) is 7.18. The van der Waals surface area contributed by atoms with Gasteiger partial charge in [-0.1, -0.05) is 20.8 Å². The number of hydrogen-bond acceptors (Lipinski definition) is 3. The maximum atomic E-state index is 4.32. The molecule has 0 spiro atoms. The van der Waals surface area contributed by atoms with Crippen LogP contribution in [0.5, 0.6) is 0 Å². The molecule has 0 aromatic carbocycles. The van der Waals surface area contributed by atoms with Crippen LogP contribution in [0.25, 0.3) is 0 Å². The second-order valence-electron chi connectivity index (χ2n) is 5.90. The van der Waals surface area contributed by atoms with Crippen LogP contribution >= 0.6 is 11.3 Å². The molecule has 3 nitrogen and oxygen atoms in total. The average Bonchev–Trinajstić information content (AvgIpc) is 2.93. The van der Waals surface area contributed by atoms with E-state index in [4.69, 9.17) is 0 Å². The van der Waals surface area contributed by atoms with Gasteiger partial charge >= 0.3 is 0 Å². The third kappa shape index (κ3) is 3.91. The molecule has 0 saturated heterocycles. The van der Waals surface area contributed by atoms with Gasteiger partial charge in [0.1, 0.15) is 5.82 Å². The Morgan fingerprint density at radius 1 is 1.32 bits per heavy atom. The highest BCUT2D eigenvalue weighted by Gasteiger charge is 2.15. The molecule has 19 heavy (non-hydrogen) atoms. The standard InChI is InChI=1S/C15H23N3S/c1-15(2,3)13-6-5-12(19-13)11-16-8-7-14-17-9-10-18(14)4/h5-6,9-10,16H,7-8,11H2,1-4H3. The molecular formula is C15H23N3S. The van der Waals surface area contributed by atoms with Crippen molar-refractivity contribution in [3.8, 4) is 0 Å². The summed E-state index contributed by atoms with van der Waals surface area (Å²) in [5.74, 6) is 1.13. The summed E-state index contributed by atoms with van der Waals surface area (Å²) in [5.41, 5.74) is 0.260. The Hall–Kier alpha value is -1.13. The van der Waals surface area contributed by atoms with Gasteiger partial charge in [-0.25, -0.2) is 4.98 Å². The first-order valence-electron chi connectivity index (χ1n) is 6.73. The van der Waals surface area contributed by atoms with E-state index in [-0.39, 0.29) is 5.41 Å². The fourth-order valence-corrected chi connectivity index (χ4v) is 2.96. The van der Waals surface area contributed by atoms with Crippen molar-refractivity contribution >= 4 is 11.3 Å². The van der Waals surface area contributed by atoms with Crippen LogP contribution in [0.15, 0.2) is 24.5 Å². The van der Waals surface area contributed by atoms with Crippen LogP contribution in [0.4, 0.5) is 0 Å². The largest absolute Gasteiger partial charge is 0.338 e. The van der Waals surface area contributed by atoms with Gasteiger partial charge in [0.15, 0.2) is 0 Å². The van der Waals surface area contributed by atoms with Crippen molar-refractivity contribution in [2.45, 2.75) is 39.2 Å². The highest BCUT2D eigenvalue weighted by atomic mass is 32.1. The van der Waals surface area contributed by atoms with E-state index in [1.54, 1.807) is 0 Å². The number of nitrogens with one attached hydrogen (secondary N) is 1. The number of aromatic nitrogens is 2. The first kappa shape index (κ1) is 14.3. The Balaban J connectivity index is 1.77. The van der Waals surface area contributed by atoms with E-state index in [1.807, 2.05) is 30.8 Å². The Bertz CT molecular complexity index is 519. The number of hydrogen-bond donors (Lipinski definition) is 1. The van der Waals surface area contributed by atoms with Gasteiger partial charge in [-0.3, -0.25) is 0 Å². The predicted octanol–water partition coefficient (Wildman–Crippen LogP) is 3.11. The fourth-order valence-electron chi connectivity index (χ4n) is 1.93. The predicted molar refractivity (Wildman–Crippen MR) is 81.6 cm³/mol. The van der Waals surface area contributed by atoms with E-state index in [0.717, 1.165) is 25.3 Å². The molecule has 0 aliphatic heterocycles. The summed E-state index contributed by atoms with van der Waals surface area (Å²) in [5, 5.41) is 3.49. The first-order chi connectivity index (χ1) is 8.97. The lowest BCUT2D eigenvalue weighted by atomic mass is 9.95. The van der Waals surface area contributed by atoms with Gasteiger partial charge < -0.3 is 9.88 Å². The zero-order valence-electron chi connectivity index (χ0n) is 12.2. The summed E-state index contributed by atoms with van der Waals surface area (Å²) in [6.45, 7) is 8.70. The van der Waals surface area contributed by atoms with E-state index < -0.39 is 0 Å². The summed E-state index contributed by atoms with van der Waals surface area (Å²) in [6.07, 6.45) is 4.81. The Morgan fingerprint density at radius 2 is 2.11 bits per heavy atom. The van der Waals surface area contributed by atoms with Gasteiger partial charge in [-0.05, 0) is 17.5 Å². The minimum atomic E-state index is 0.260. The SMILES string of the molecule is Cn1ccnc1CCNCc1ccc(C(C)(C)C)s1. The molecule has 0 bridgehead atoms. The topological polar surface area (TPSA) is 29.9 Å². The molecule has 1 N–H and O–H groups in total. The van der Waals surface area contributed by atoms with E-state index in [2.05, 4.69) is 47.8 Å². The van der Waals surface area contributed by atoms with Crippen LogP contribution in [0, 0.1) is 0 Å². The van der Waals surface area contributed by atoms with Gasteiger partial charge in [0.2, 0.25) is 0 Å². The number of imidazole rings is 1. The summed E-state index contributed by atoms with van der Waals surface area (Å²) >= 11 is 1.91. The Morgan fingerprint density at radius 3 is 2.68 bits per heavy atom. The van der Waals surface area contributed by atoms with Crippen molar-refractivity contribution in [2.75, 3.05) is 6.54 Å². The molecule has 4 heteroatoms. The van der Waals surface area contributed by atoms with Gasteiger partial charge in [0.25, 0.3) is 0 Å². The molecule has 2 heterocycles. The Kier molecular flexibility index (Phi) is 4.42. The van der Waals surface area contributed by atoms with Crippen LogP contribution in [-0.2, 0) is 25.4 Å². The lowest BCUT2D eigenvalue weighted by Crippen LogP contribution is -2.17. The molecule has 0 radical (unpaired) electrons. The van der Waals surface area contributed by atoms with Crippen LogP contribution < -0.4 is 5.32 Å². The third-order valence-electron chi connectivity index (χ3n) is 3.15. The maximum absolute atomic E-state index is 4.32. The van der Waals surface area contributed by atoms with E-state index in [9.17, 15) is 0 Å². The van der Waals surface area contributed by atoms with Crippen molar-refractivity contribution in [3.05, 3.63) is 40.1 Å². The molecule has 0 aliphatic carbocycles. The molecular weight excluding hydrogens is 254 g/mol. The van der Waals surface area contributed by atoms with Gasteiger partial charge in [0.05, 0.1) is 0 Å². The average molecular weight is 277 g/mol. The van der Waals surface area contributed by atoms with E-state index in [0.29, 0.717) is 0 Å². The molecule has 0 unspecified atom stereocenters. The smallest absolute Gasteiger partial charge is 0.109 e. The van der Waals surface area contributed by atoms with Crippen molar-refractivity contribution in [1.29, 1.82) is 0 Å². The zero-order valence-corrected chi connectivity index (χ0v) is 13.0. The van der Waals surface area contributed by atoms with Gasteiger partial charge in [0, 0.05) is 48.7 Å². The molecule has 0 aliphatic rings. The van der Waals surface area contributed by atoms with Gasteiger partial charge in [-0.15, -0.1) is 11.3 Å². The van der Waals surface area contributed by atoms with E-state index >= 15 is 0 Å². The lowest BCUT2D eigenvalue weighted by Gasteiger charge is -2.15. The highest BCUT2D eigenvalue weighted by molar-refractivity contribution is 7.12. The number of rotatable bonds is 5. The molecule has 2 aromatic heterocycles. The summed E-state index contributed by atoms with van der Waals surface area (Å²) < 4.78 is 2.07. The summed E-state index contributed by atoms with van der Waals surface area (Å²) in [6, 6.07) is 4.49. The normalized spacial score (nSPS) is 12.0. The summed E-state index contributed by atoms with van der Waals surface area (Å²) in [7, 11) is 2.04. The number of nitrogens with zero attached hydrogens (tertiary/aromatic N) is 2. The van der Waals surface area contributed by atoms with Crippen LogP contribution in [0.2, 0.25) is 0 Å². The molecule has 0 fully saturated rings. The minimum Gasteiger partial charge on any atom is -0.338 e. The molecule has 0 atom stereocenters. The quantitative estimate of drug-likeness (QED) is 0.851. The zero-order chi connectivity index (χ0) is 13.9.